The van der Waals surface area contributed by atoms with E-state index < -0.39 is 0 Å². The largest absolute Gasteiger partial charge is 0.392 e. The Balaban J connectivity index is 1.49. The first-order valence-corrected chi connectivity index (χ1v) is 13.0. The van der Waals surface area contributed by atoms with Gasteiger partial charge in [0.1, 0.15) is 5.78 Å². The molecule has 0 spiro atoms. The van der Waals surface area contributed by atoms with Crippen LogP contribution in [0.25, 0.3) is 0 Å². The Kier molecular flexibility index (Phi) is 6.31. The molecule has 4 aliphatic carbocycles. The SMILES string of the molecule is CC(=O)[C@H](C)CCC[C@@H](C)[C@H]1CCC2C3C(CC[C@@]21C)[C@@]1(C)CCC(=O)C=C1C[C@H]3O. The van der Waals surface area contributed by atoms with Gasteiger partial charge in [0.05, 0.1) is 6.10 Å². The first-order chi connectivity index (χ1) is 14.6. The minimum atomic E-state index is -0.287. The minimum Gasteiger partial charge on any atom is -0.392 e. The highest BCUT2D eigenvalue weighted by Gasteiger charge is 2.61. The van der Waals surface area contributed by atoms with Crippen LogP contribution in [0.2, 0.25) is 0 Å². The molecule has 0 aromatic heterocycles. The van der Waals surface area contributed by atoms with E-state index in [0.717, 1.165) is 25.2 Å². The molecular formula is C28H44O3. The number of carbonyl (C=O) groups is 2. The lowest BCUT2D eigenvalue weighted by atomic mass is 9.45. The highest BCUT2D eigenvalue weighted by atomic mass is 16.3. The first kappa shape index (κ1) is 23.2. The van der Waals surface area contributed by atoms with Gasteiger partial charge in [-0.15, -0.1) is 0 Å². The zero-order valence-electron chi connectivity index (χ0n) is 20.5. The topological polar surface area (TPSA) is 54.4 Å². The summed E-state index contributed by atoms with van der Waals surface area (Å²) in [7, 11) is 0. The molecule has 31 heavy (non-hydrogen) atoms. The van der Waals surface area contributed by atoms with E-state index >= 15 is 0 Å². The fraction of sp³-hybridized carbons (Fsp3) is 0.857. The van der Waals surface area contributed by atoms with Crippen LogP contribution in [0.1, 0.15) is 98.8 Å². The van der Waals surface area contributed by atoms with Gasteiger partial charge in [0.25, 0.3) is 0 Å². The molecule has 0 amide bonds. The molecule has 4 aliphatic rings. The number of ketones is 2. The highest BCUT2D eigenvalue weighted by Crippen LogP contribution is 2.67. The standard InChI is InChI=1S/C28H44O3/c1-17(19(3)29)7-6-8-18(2)22-9-10-23-26-24(12-14-28(22,23)5)27(4)13-11-21(30)15-20(27)16-25(26)31/h15,17-18,22-26,31H,6-14,16H2,1-5H3/t17-,18-,22-,23?,24?,25-,26?,27+,28-/m1/s1. The number of hydrogen-bond donors (Lipinski definition) is 1. The number of Topliss-reactive ketones (excluding diaryl/α,β-unsaturated/α-hetero) is 1. The summed E-state index contributed by atoms with van der Waals surface area (Å²) in [6.45, 7) is 11.1. The number of fused-ring (bicyclic) bond motifs is 5. The van der Waals surface area contributed by atoms with Crippen molar-refractivity contribution < 1.29 is 14.7 Å². The monoisotopic (exact) mass is 428 g/mol. The van der Waals surface area contributed by atoms with Crippen LogP contribution >= 0.6 is 0 Å². The number of aliphatic hydroxyl groups is 1. The molecule has 0 aromatic rings. The van der Waals surface area contributed by atoms with Crippen molar-refractivity contribution in [1.29, 1.82) is 0 Å². The Bertz CT molecular complexity index is 753. The minimum absolute atomic E-state index is 0.117. The molecule has 3 unspecified atom stereocenters. The molecule has 3 nitrogen and oxygen atoms in total. The van der Waals surface area contributed by atoms with Crippen LogP contribution in [0.5, 0.6) is 0 Å². The third-order valence-corrected chi connectivity index (χ3v) is 10.7. The van der Waals surface area contributed by atoms with Gasteiger partial charge in [0, 0.05) is 12.3 Å². The lowest BCUT2D eigenvalue weighted by Crippen LogP contribution is -2.55. The third-order valence-electron chi connectivity index (χ3n) is 10.7. The van der Waals surface area contributed by atoms with Crippen molar-refractivity contribution >= 4 is 11.6 Å². The predicted molar refractivity (Wildman–Crippen MR) is 124 cm³/mol. The van der Waals surface area contributed by atoms with Crippen molar-refractivity contribution in [2.24, 2.45) is 46.3 Å². The molecular weight excluding hydrogens is 384 g/mol. The summed E-state index contributed by atoms with van der Waals surface area (Å²) in [6.07, 6.45) is 12.3. The summed E-state index contributed by atoms with van der Waals surface area (Å²) < 4.78 is 0. The normalized spacial score (nSPS) is 44.0. The van der Waals surface area contributed by atoms with E-state index in [2.05, 4.69) is 27.7 Å². The van der Waals surface area contributed by atoms with Crippen LogP contribution in [-0.4, -0.2) is 22.8 Å². The maximum absolute atomic E-state index is 12.1. The van der Waals surface area contributed by atoms with Gasteiger partial charge in [-0.25, -0.2) is 0 Å². The van der Waals surface area contributed by atoms with Crippen molar-refractivity contribution in [3.05, 3.63) is 11.6 Å². The molecule has 0 heterocycles. The van der Waals surface area contributed by atoms with E-state index in [1.165, 1.54) is 37.7 Å². The summed E-state index contributed by atoms with van der Waals surface area (Å²) >= 11 is 0. The van der Waals surface area contributed by atoms with Gasteiger partial charge in [-0.2, -0.15) is 0 Å². The number of carbonyl (C=O) groups excluding carboxylic acids is 2. The highest BCUT2D eigenvalue weighted by molar-refractivity contribution is 5.91. The second-order valence-corrected chi connectivity index (χ2v) is 12.3. The van der Waals surface area contributed by atoms with E-state index in [0.29, 0.717) is 47.7 Å². The second-order valence-electron chi connectivity index (χ2n) is 12.3. The van der Waals surface area contributed by atoms with E-state index in [1.54, 1.807) is 6.92 Å². The molecule has 0 saturated heterocycles. The van der Waals surface area contributed by atoms with Gasteiger partial charge in [-0.1, -0.05) is 46.1 Å². The smallest absolute Gasteiger partial charge is 0.155 e. The van der Waals surface area contributed by atoms with Crippen molar-refractivity contribution in [3.8, 4) is 0 Å². The quantitative estimate of drug-likeness (QED) is 0.553. The van der Waals surface area contributed by atoms with Crippen LogP contribution in [0.3, 0.4) is 0 Å². The molecule has 0 radical (unpaired) electrons. The summed E-state index contributed by atoms with van der Waals surface area (Å²) in [4.78, 5) is 23.6. The Hall–Kier alpha value is -0.960. The molecule has 3 heteroatoms. The van der Waals surface area contributed by atoms with Crippen LogP contribution in [-0.2, 0) is 9.59 Å². The lowest BCUT2D eigenvalue weighted by molar-refractivity contribution is -0.124. The fourth-order valence-electron chi connectivity index (χ4n) is 8.65. The van der Waals surface area contributed by atoms with Gasteiger partial charge in [-0.3, -0.25) is 9.59 Å². The first-order valence-electron chi connectivity index (χ1n) is 13.0. The Morgan fingerprint density at radius 3 is 2.58 bits per heavy atom. The molecule has 0 bridgehead atoms. The van der Waals surface area contributed by atoms with Gasteiger partial charge in [-0.05, 0) is 98.4 Å². The lowest BCUT2D eigenvalue weighted by Gasteiger charge is -2.60. The van der Waals surface area contributed by atoms with Crippen molar-refractivity contribution in [2.45, 2.75) is 105 Å². The Morgan fingerprint density at radius 1 is 1.13 bits per heavy atom. The van der Waals surface area contributed by atoms with Crippen LogP contribution in [0, 0.1) is 46.3 Å². The van der Waals surface area contributed by atoms with E-state index in [9.17, 15) is 14.7 Å². The van der Waals surface area contributed by atoms with Gasteiger partial charge in [0.15, 0.2) is 5.78 Å². The van der Waals surface area contributed by atoms with Crippen molar-refractivity contribution in [2.75, 3.05) is 0 Å². The maximum atomic E-state index is 12.1. The molecule has 9 atom stereocenters. The van der Waals surface area contributed by atoms with Gasteiger partial charge >= 0.3 is 0 Å². The molecule has 4 rings (SSSR count). The maximum Gasteiger partial charge on any atom is 0.155 e. The van der Waals surface area contributed by atoms with Crippen LogP contribution < -0.4 is 0 Å². The summed E-state index contributed by atoms with van der Waals surface area (Å²) in [5.41, 5.74) is 1.69. The fourth-order valence-corrected chi connectivity index (χ4v) is 8.65. The summed E-state index contributed by atoms with van der Waals surface area (Å²) in [6, 6.07) is 0. The number of rotatable bonds is 6. The van der Waals surface area contributed by atoms with E-state index in [4.69, 9.17) is 0 Å². The molecule has 0 aromatic carbocycles. The zero-order chi connectivity index (χ0) is 22.6. The van der Waals surface area contributed by atoms with Crippen molar-refractivity contribution in [3.63, 3.8) is 0 Å². The van der Waals surface area contributed by atoms with E-state index in [-0.39, 0.29) is 23.2 Å². The zero-order valence-corrected chi connectivity index (χ0v) is 20.5. The second kappa shape index (κ2) is 8.43. The molecule has 1 N–H and O–H groups in total. The van der Waals surface area contributed by atoms with Gasteiger partial charge < -0.3 is 5.11 Å². The molecule has 3 fully saturated rings. The van der Waals surface area contributed by atoms with Crippen LogP contribution in [0.4, 0.5) is 0 Å². The average Bonchev–Trinajstić information content (AvgIpc) is 3.06. The average molecular weight is 429 g/mol. The molecule has 3 saturated carbocycles. The number of hydrogen-bond acceptors (Lipinski definition) is 3. The summed E-state index contributed by atoms with van der Waals surface area (Å²) in [5.74, 6) is 3.71. The Morgan fingerprint density at radius 2 is 1.87 bits per heavy atom. The van der Waals surface area contributed by atoms with Crippen molar-refractivity contribution in [1.82, 2.24) is 0 Å². The van der Waals surface area contributed by atoms with Crippen LogP contribution in [0.15, 0.2) is 11.6 Å². The molecule has 174 valence electrons. The third kappa shape index (κ3) is 3.87. The summed E-state index contributed by atoms with van der Waals surface area (Å²) in [5, 5.41) is 11.3. The van der Waals surface area contributed by atoms with E-state index in [1.807, 2.05) is 6.08 Å². The predicted octanol–water partition coefficient (Wildman–Crippen LogP) is 6.14. The molecule has 0 aliphatic heterocycles. The Labute approximate surface area is 189 Å². The number of aliphatic hydroxyl groups excluding tert-OH is 1. The van der Waals surface area contributed by atoms with Gasteiger partial charge in [0.2, 0.25) is 0 Å².